The average molecular weight is 312 g/mol. The highest BCUT2D eigenvalue weighted by Crippen LogP contribution is 2.22. The van der Waals surface area contributed by atoms with Gasteiger partial charge in [0, 0.05) is 16.6 Å². The lowest BCUT2D eigenvalue weighted by Crippen LogP contribution is -2.30. The van der Waals surface area contributed by atoms with Crippen LogP contribution in [0.4, 0.5) is 0 Å². The van der Waals surface area contributed by atoms with Crippen molar-refractivity contribution < 1.29 is 0 Å². The molecule has 2 unspecified atom stereocenters. The monoisotopic (exact) mass is 311 g/mol. The van der Waals surface area contributed by atoms with E-state index in [0.717, 1.165) is 16.8 Å². The Kier molecular flexibility index (Phi) is 6.95. The Bertz CT molecular complexity index is 349. The largest absolute Gasteiger partial charge is 0.307 e. The third-order valence-corrected chi connectivity index (χ3v) is 3.82. The van der Waals surface area contributed by atoms with Crippen LogP contribution >= 0.6 is 15.9 Å². The van der Waals surface area contributed by atoms with Crippen molar-refractivity contribution in [2.45, 2.75) is 59.0 Å². The molecule has 1 aromatic rings. The Balaban J connectivity index is 2.56. The van der Waals surface area contributed by atoms with Crippen LogP contribution in [-0.2, 0) is 0 Å². The van der Waals surface area contributed by atoms with Gasteiger partial charge in [-0.3, -0.25) is 0 Å². The summed E-state index contributed by atoms with van der Waals surface area (Å²) in [4.78, 5) is 0. The van der Waals surface area contributed by atoms with Crippen LogP contribution in [0, 0.1) is 5.92 Å². The Morgan fingerprint density at radius 1 is 1.17 bits per heavy atom. The van der Waals surface area contributed by atoms with Crippen molar-refractivity contribution in [2.24, 2.45) is 5.92 Å². The molecule has 0 radical (unpaired) electrons. The van der Waals surface area contributed by atoms with E-state index in [1.165, 1.54) is 18.4 Å². The van der Waals surface area contributed by atoms with Gasteiger partial charge in [0.25, 0.3) is 0 Å². The number of hydrogen-bond donors (Lipinski definition) is 1. The SMILES string of the molecule is CCC(NC(C)CCC(C)C)c1cccc(Br)c1. The minimum atomic E-state index is 0.463. The quantitative estimate of drug-likeness (QED) is 0.719. The van der Waals surface area contributed by atoms with E-state index in [1.54, 1.807) is 0 Å². The van der Waals surface area contributed by atoms with Crippen LogP contribution in [0.25, 0.3) is 0 Å². The Morgan fingerprint density at radius 3 is 2.44 bits per heavy atom. The molecule has 102 valence electrons. The molecular weight excluding hydrogens is 286 g/mol. The predicted octanol–water partition coefficient (Wildman–Crippen LogP) is 5.31. The average Bonchev–Trinajstić information content (AvgIpc) is 2.33. The van der Waals surface area contributed by atoms with Gasteiger partial charge in [-0.25, -0.2) is 0 Å². The van der Waals surface area contributed by atoms with Crippen molar-refractivity contribution >= 4 is 15.9 Å². The van der Waals surface area contributed by atoms with Crippen molar-refractivity contribution in [2.75, 3.05) is 0 Å². The first-order chi connectivity index (χ1) is 8.52. The maximum atomic E-state index is 3.74. The molecule has 0 spiro atoms. The van der Waals surface area contributed by atoms with Gasteiger partial charge in [-0.05, 0) is 49.8 Å². The molecule has 0 saturated carbocycles. The molecule has 0 saturated heterocycles. The molecule has 0 amide bonds. The highest BCUT2D eigenvalue weighted by Gasteiger charge is 2.12. The van der Waals surface area contributed by atoms with Gasteiger partial charge >= 0.3 is 0 Å². The number of benzene rings is 1. The normalized spacial score (nSPS) is 14.8. The molecule has 1 nitrogen and oxygen atoms in total. The minimum Gasteiger partial charge on any atom is -0.307 e. The molecule has 0 aromatic heterocycles. The van der Waals surface area contributed by atoms with Crippen LogP contribution in [0.2, 0.25) is 0 Å². The smallest absolute Gasteiger partial charge is 0.0320 e. The summed E-state index contributed by atoms with van der Waals surface area (Å²) in [6.07, 6.45) is 3.67. The van der Waals surface area contributed by atoms with Gasteiger partial charge < -0.3 is 5.32 Å². The first kappa shape index (κ1) is 15.7. The summed E-state index contributed by atoms with van der Waals surface area (Å²) >= 11 is 3.55. The highest BCUT2D eigenvalue weighted by molar-refractivity contribution is 9.10. The molecule has 0 aliphatic heterocycles. The minimum absolute atomic E-state index is 0.463. The van der Waals surface area contributed by atoms with Crippen LogP contribution in [0.5, 0.6) is 0 Å². The second kappa shape index (κ2) is 7.96. The molecule has 0 bridgehead atoms. The molecule has 0 aliphatic carbocycles. The van der Waals surface area contributed by atoms with Crippen molar-refractivity contribution in [1.29, 1.82) is 0 Å². The standard InChI is InChI=1S/C16H26BrN/c1-5-16(14-7-6-8-15(17)11-14)18-13(4)10-9-12(2)3/h6-8,11-13,16,18H,5,9-10H2,1-4H3. The summed E-state index contributed by atoms with van der Waals surface area (Å²) in [5.74, 6) is 0.792. The fourth-order valence-electron chi connectivity index (χ4n) is 2.18. The molecule has 1 N–H and O–H groups in total. The molecule has 2 atom stereocenters. The molecule has 0 fully saturated rings. The van der Waals surface area contributed by atoms with Gasteiger partial charge in [0.05, 0.1) is 0 Å². The second-order valence-electron chi connectivity index (χ2n) is 5.55. The zero-order valence-electron chi connectivity index (χ0n) is 12.0. The number of hydrogen-bond acceptors (Lipinski definition) is 1. The molecule has 2 heteroatoms. The number of rotatable bonds is 7. The molecular formula is C16H26BrN. The van der Waals surface area contributed by atoms with E-state index in [9.17, 15) is 0 Å². The van der Waals surface area contributed by atoms with E-state index in [-0.39, 0.29) is 0 Å². The fourth-order valence-corrected chi connectivity index (χ4v) is 2.60. The highest BCUT2D eigenvalue weighted by atomic mass is 79.9. The maximum Gasteiger partial charge on any atom is 0.0320 e. The van der Waals surface area contributed by atoms with Crippen molar-refractivity contribution in [3.05, 3.63) is 34.3 Å². The third-order valence-electron chi connectivity index (χ3n) is 3.32. The van der Waals surface area contributed by atoms with Gasteiger partial charge in [-0.2, -0.15) is 0 Å². The van der Waals surface area contributed by atoms with Crippen LogP contribution < -0.4 is 5.32 Å². The van der Waals surface area contributed by atoms with E-state index < -0.39 is 0 Å². The maximum absolute atomic E-state index is 3.74. The van der Waals surface area contributed by atoms with Gasteiger partial charge in [0.1, 0.15) is 0 Å². The van der Waals surface area contributed by atoms with Gasteiger partial charge in [0.2, 0.25) is 0 Å². The Morgan fingerprint density at radius 2 is 1.89 bits per heavy atom. The molecule has 1 rings (SSSR count). The summed E-state index contributed by atoms with van der Waals surface area (Å²) in [5, 5.41) is 3.74. The summed E-state index contributed by atoms with van der Waals surface area (Å²) in [6.45, 7) is 9.12. The van der Waals surface area contributed by atoms with Crippen molar-refractivity contribution in [1.82, 2.24) is 5.32 Å². The summed E-state index contributed by atoms with van der Waals surface area (Å²) in [6, 6.07) is 9.67. The molecule has 1 aromatic carbocycles. The van der Waals surface area contributed by atoms with E-state index in [1.807, 2.05) is 0 Å². The van der Waals surface area contributed by atoms with Crippen LogP contribution in [0.3, 0.4) is 0 Å². The van der Waals surface area contributed by atoms with E-state index in [2.05, 4.69) is 73.2 Å². The van der Waals surface area contributed by atoms with Gasteiger partial charge in [0.15, 0.2) is 0 Å². The zero-order chi connectivity index (χ0) is 13.5. The summed E-state index contributed by atoms with van der Waals surface area (Å²) in [5.41, 5.74) is 1.38. The molecule has 18 heavy (non-hydrogen) atoms. The predicted molar refractivity (Wildman–Crippen MR) is 83.8 cm³/mol. The lowest BCUT2D eigenvalue weighted by molar-refractivity contribution is 0.398. The lowest BCUT2D eigenvalue weighted by Gasteiger charge is -2.23. The fraction of sp³-hybridized carbons (Fsp3) is 0.625. The molecule has 0 heterocycles. The molecule has 0 aliphatic rings. The summed E-state index contributed by atoms with van der Waals surface area (Å²) in [7, 11) is 0. The first-order valence-corrected chi connectivity index (χ1v) is 7.83. The Hall–Kier alpha value is -0.340. The third kappa shape index (κ3) is 5.53. The summed E-state index contributed by atoms with van der Waals surface area (Å²) < 4.78 is 1.16. The lowest BCUT2D eigenvalue weighted by atomic mass is 10.0. The van der Waals surface area contributed by atoms with Gasteiger partial charge in [-0.15, -0.1) is 0 Å². The van der Waals surface area contributed by atoms with Crippen LogP contribution in [-0.4, -0.2) is 6.04 Å². The topological polar surface area (TPSA) is 12.0 Å². The van der Waals surface area contributed by atoms with E-state index in [4.69, 9.17) is 0 Å². The van der Waals surface area contributed by atoms with Crippen molar-refractivity contribution in [3.63, 3.8) is 0 Å². The first-order valence-electron chi connectivity index (χ1n) is 7.04. The second-order valence-corrected chi connectivity index (χ2v) is 6.47. The Labute approximate surface area is 120 Å². The van der Waals surface area contributed by atoms with Crippen LogP contribution in [0.15, 0.2) is 28.7 Å². The number of halogens is 1. The van der Waals surface area contributed by atoms with Crippen LogP contribution in [0.1, 0.15) is 58.6 Å². The van der Waals surface area contributed by atoms with E-state index >= 15 is 0 Å². The zero-order valence-corrected chi connectivity index (χ0v) is 13.6. The number of nitrogens with one attached hydrogen (secondary N) is 1. The van der Waals surface area contributed by atoms with E-state index in [0.29, 0.717) is 12.1 Å². The van der Waals surface area contributed by atoms with Gasteiger partial charge in [-0.1, -0.05) is 48.8 Å². The van der Waals surface area contributed by atoms with Crippen molar-refractivity contribution in [3.8, 4) is 0 Å².